The molecular weight excluding hydrogens is 446 g/mol. The summed E-state index contributed by atoms with van der Waals surface area (Å²) in [6.45, 7) is 2.64. The second-order valence-corrected chi connectivity index (χ2v) is 8.35. The predicted molar refractivity (Wildman–Crippen MR) is 134 cm³/mol. The summed E-state index contributed by atoms with van der Waals surface area (Å²) < 4.78 is 17.1. The molecule has 3 aromatic rings. The summed E-state index contributed by atoms with van der Waals surface area (Å²) in [4.78, 5) is 13.2. The predicted octanol–water partition coefficient (Wildman–Crippen LogP) is 4.38. The normalized spacial score (nSPS) is 12.7. The van der Waals surface area contributed by atoms with Crippen LogP contribution in [0.15, 0.2) is 78.9 Å². The lowest BCUT2D eigenvalue weighted by Crippen LogP contribution is -2.47. The Morgan fingerprint density at radius 3 is 2.06 bits per heavy atom. The Labute approximate surface area is 206 Å². The fourth-order valence-corrected chi connectivity index (χ4v) is 3.53. The van der Waals surface area contributed by atoms with E-state index in [0.29, 0.717) is 23.9 Å². The van der Waals surface area contributed by atoms with E-state index in [0.717, 1.165) is 18.4 Å². The van der Waals surface area contributed by atoms with Gasteiger partial charge in [0.15, 0.2) is 0 Å². The number of carboxylic acid groups (broad SMARTS) is 1. The number of carboxylic acids is 1. The third-order valence-electron chi connectivity index (χ3n) is 5.33. The summed E-state index contributed by atoms with van der Waals surface area (Å²) in [7, 11) is 1.59. The third kappa shape index (κ3) is 8.63. The Bertz CT molecular complexity index is 1020. The molecule has 2 atom stereocenters. The van der Waals surface area contributed by atoms with Crippen molar-refractivity contribution in [3.8, 4) is 17.2 Å². The zero-order valence-electron chi connectivity index (χ0n) is 20.2. The summed E-state index contributed by atoms with van der Waals surface area (Å²) in [6.07, 6.45) is -0.153. The number of aliphatic hydroxyl groups excluding tert-OH is 1. The standard InChI is InChI=1S/C28H33NO6/c1-3-7-21-10-12-26(13-11-21)35-27(28(31)32)29(2)18-23(30)20-34-25-16-14-24(15-17-25)33-19-22-8-5-4-6-9-22/h4-6,8-17,23,27,30H,3,7,18-20H2,1-2H3,(H,31,32). The summed E-state index contributed by atoms with van der Waals surface area (Å²) in [6, 6.07) is 24.4. The first-order chi connectivity index (χ1) is 16.9. The molecule has 0 amide bonds. The molecular formula is C28H33NO6. The zero-order chi connectivity index (χ0) is 25.0. The lowest BCUT2D eigenvalue weighted by molar-refractivity contribution is -0.154. The van der Waals surface area contributed by atoms with E-state index in [1.54, 1.807) is 43.4 Å². The van der Waals surface area contributed by atoms with E-state index in [-0.39, 0.29) is 13.2 Å². The molecule has 186 valence electrons. The number of hydrogen-bond donors (Lipinski definition) is 2. The van der Waals surface area contributed by atoms with Gasteiger partial charge in [0.2, 0.25) is 0 Å². The Kier molecular flexibility index (Phi) is 9.95. The van der Waals surface area contributed by atoms with Gasteiger partial charge in [-0.3, -0.25) is 4.90 Å². The Morgan fingerprint density at radius 2 is 1.46 bits per heavy atom. The SMILES string of the molecule is CCCc1ccc(OC(C(=O)O)N(C)CC(O)COc2ccc(OCc3ccccc3)cc2)cc1. The van der Waals surface area contributed by atoms with Crippen molar-refractivity contribution in [3.05, 3.63) is 90.0 Å². The molecule has 2 unspecified atom stereocenters. The lowest BCUT2D eigenvalue weighted by atomic mass is 10.1. The Balaban J connectivity index is 1.45. The minimum absolute atomic E-state index is 0.00656. The Hall–Kier alpha value is -3.55. The van der Waals surface area contributed by atoms with Crippen LogP contribution in [0.1, 0.15) is 24.5 Å². The van der Waals surface area contributed by atoms with Gasteiger partial charge in [-0.2, -0.15) is 0 Å². The molecule has 35 heavy (non-hydrogen) atoms. The highest BCUT2D eigenvalue weighted by Gasteiger charge is 2.26. The van der Waals surface area contributed by atoms with Crippen molar-refractivity contribution in [1.29, 1.82) is 0 Å². The fraction of sp³-hybridized carbons (Fsp3) is 0.321. The van der Waals surface area contributed by atoms with Gasteiger partial charge in [0.05, 0.1) is 0 Å². The minimum atomic E-state index is -1.23. The van der Waals surface area contributed by atoms with Crippen LogP contribution in [-0.4, -0.2) is 53.6 Å². The zero-order valence-corrected chi connectivity index (χ0v) is 20.2. The van der Waals surface area contributed by atoms with Crippen molar-refractivity contribution in [2.24, 2.45) is 0 Å². The Morgan fingerprint density at radius 1 is 0.857 bits per heavy atom. The van der Waals surface area contributed by atoms with Crippen molar-refractivity contribution in [1.82, 2.24) is 4.90 Å². The molecule has 0 saturated carbocycles. The minimum Gasteiger partial charge on any atom is -0.491 e. The highest BCUT2D eigenvalue weighted by Crippen LogP contribution is 2.20. The van der Waals surface area contributed by atoms with E-state index in [1.807, 2.05) is 42.5 Å². The van der Waals surface area contributed by atoms with Crippen LogP contribution in [0.4, 0.5) is 0 Å². The summed E-state index contributed by atoms with van der Waals surface area (Å²) in [5.41, 5.74) is 2.25. The van der Waals surface area contributed by atoms with E-state index in [1.165, 1.54) is 10.5 Å². The first kappa shape index (κ1) is 26.1. The molecule has 0 radical (unpaired) electrons. The lowest BCUT2D eigenvalue weighted by Gasteiger charge is -2.27. The van der Waals surface area contributed by atoms with Gasteiger partial charge in [-0.05, 0) is 61.0 Å². The highest BCUT2D eigenvalue weighted by atomic mass is 16.5. The molecule has 2 N–H and O–H groups in total. The van der Waals surface area contributed by atoms with Crippen LogP contribution < -0.4 is 14.2 Å². The van der Waals surface area contributed by atoms with Crippen molar-refractivity contribution in [2.75, 3.05) is 20.2 Å². The molecule has 0 spiro atoms. The number of hydrogen-bond acceptors (Lipinski definition) is 6. The average molecular weight is 480 g/mol. The molecule has 0 aromatic heterocycles. The van der Waals surface area contributed by atoms with Gasteiger partial charge >= 0.3 is 5.97 Å². The molecule has 3 aromatic carbocycles. The fourth-order valence-electron chi connectivity index (χ4n) is 3.53. The molecule has 0 aliphatic carbocycles. The smallest absolute Gasteiger partial charge is 0.360 e. The van der Waals surface area contributed by atoms with Crippen molar-refractivity contribution >= 4 is 5.97 Å². The number of likely N-dealkylation sites (N-methyl/N-ethyl adjacent to an activating group) is 1. The number of benzene rings is 3. The van der Waals surface area contributed by atoms with Crippen LogP contribution in [0.5, 0.6) is 17.2 Å². The monoisotopic (exact) mass is 479 g/mol. The maximum absolute atomic E-state index is 11.8. The highest BCUT2D eigenvalue weighted by molar-refractivity contribution is 5.72. The van der Waals surface area contributed by atoms with Gasteiger partial charge < -0.3 is 24.4 Å². The average Bonchev–Trinajstić information content (AvgIpc) is 2.87. The quantitative estimate of drug-likeness (QED) is 0.332. The van der Waals surface area contributed by atoms with E-state index >= 15 is 0 Å². The van der Waals surface area contributed by atoms with Crippen molar-refractivity contribution in [3.63, 3.8) is 0 Å². The summed E-state index contributed by atoms with van der Waals surface area (Å²) >= 11 is 0. The molecule has 3 rings (SSSR count). The van der Waals surface area contributed by atoms with Gasteiger partial charge in [0, 0.05) is 6.54 Å². The van der Waals surface area contributed by atoms with Crippen LogP contribution in [0, 0.1) is 0 Å². The van der Waals surface area contributed by atoms with Crippen LogP contribution >= 0.6 is 0 Å². The van der Waals surface area contributed by atoms with Gasteiger partial charge in [-0.25, -0.2) is 4.79 Å². The molecule has 0 bridgehead atoms. The molecule has 0 aliphatic heterocycles. The molecule has 7 nitrogen and oxygen atoms in total. The maximum Gasteiger partial charge on any atom is 0.360 e. The van der Waals surface area contributed by atoms with Crippen LogP contribution in [0.2, 0.25) is 0 Å². The molecule has 0 heterocycles. The van der Waals surface area contributed by atoms with Gasteiger partial charge in [-0.1, -0.05) is 55.8 Å². The van der Waals surface area contributed by atoms with Crippen molar-refractivity contribution in [2.45, 2.75) is 38.7 Å². The van der Waals surface area contributed by atoms with Crippen LogP contribution in [-0.2, 0) is 17.8 Å². The summed E-state index contributed by atoms with van der Waals surface area (Å²) in [5.74, 6) is 0.622. The van der Waals surface area contributed by atoms with Crippen LogP contribution in [0.25, 0.3) is 0 Å². The summed E-state index contributed by atoms with van der Waals surface area (Å²) in [5, 5.41) is 20.0. The van der Waals surface area contributed by atoms with Gasteiger partial charge in [-0.15, -0.1) is 0 Å². The number of rotatable bonds is 14. The number of ether oxygens (including phenoxy) is 3. The largest absolute Gasteiger partial charge is 0.491 e. The second-order valence-electron chi connectivity index (χ2n) is 8.35. The number of nitrogens with zero attached hydrogens (tertiary/aromatic N) is 1. The van der Waals surface area contributed by atoms with Gasteiger partial charge in [0.1, 0.15) is 36.6 Å². The molecule has 0 fully saturated rings. The third-order valence-corrected chi connectivity index (χ3v) is 5.33. The maximum atomic E-state index is 11.8. The first-order valence-corrected chi connectivity index (χ1v) is 11.7. The number of aryl methyl sites for hydroxylation is 1. The number of carbonyl (C=O) groups is 1. The molecule has 0 aliphatic rings. The van der Waals surface area contributed by atoms with Crippen LogP contribution in [0.3, 0.4) is 0 Å². The molecule has 0 saturated heterocycles. The van der Waals surface area contributed by atoms with E-state index < -0.39 is 18.3 Å². The van der Waals surface area contributed by atoms with E-state index in [2.05, 4.69) is 6.92 Å². The van der Waals surface area contributed by atoms with Gasteiger partial charge in [0.25, 0.3) is 6.23 Å². The second kappa shape index (κ2) is 13.4. The van der Waals surface area contributed by atoms with Crippen molar-refractivity contribution < 1.29 is 29.2 Å². The first-order valence-electron chi connectivity index (χ1n) is 11.7. The number of aliphatic hydroxyl groups is 1. The topological polar surface area (TPSA) is 88.5 Å². The molecule has 7 heteroatoms. The number of aliphatic carboxylic acids is 1. The van der Waals surface area contributed by atoms with E-state index in [9.17, 15) is 15.0 Å². The van der Waals surface area contributed by atoms with E-state index in [4.69, 9.17) is 14.2 Å².